The first-order valence-electron chi connectivity index (χ1n) is 12.6. The summed E-state index contributed by atoms with van der Waals surface area (Å²) in [6.45, 7) is 10.9. The van der Waals surface area contributed by atoms with Crippen LogP contribution in [0.15, 0.2) is 59.2 Å². The quantitative estimate of drug-likeness (QED) is 0.396. The van der Waals surface area contributed by atoms with Gasteiger partial charge in [-0.15, -0.1) is 0 Å². The Morgan fingerprint density at radius 3 is 2.64 bits per heavy atom. The van der Waals surface area contributed by atoms with Crippen molar-refractivity contribution in [3.8, 4) is 0 Å². The summed E-state index contributed by atoms with van der Waals surface area (Å²) in [5.41, 5.74) is 6.99. The average molecular weight is 445 g/mol. The number of nitrogens with one attached hydrogen (secondary N) is 1. The molecule has 1 amide bonds. The SMILES string of the molecule is CCCCC(CC)CC(=O)Nc1cccc(C(C2=CCC(C)C=N2)c2cccc(C)c2C)c1. The van der Waals surface area contributed by atoms with Gasteiger partial charge in [0, 0.05) is 24.0 Å². The van der Waals surface area contributed by atoms with Gasteiger partial charge in [0.05, 0.1) is 5.92 Å². The minimum atomic E-state index is 0.0541. The van der Waals surface area contributed by atoms with E-state index in [1.165, 1.54) is 29.5 Å². The maximum Gasteiger partial charge on any atom is 0.224 e. The molecule has 176 valence electrons. The number of unbranched alkanes of at least 4 members (excludes halogenated alkanes) is 1. The summed E-state index contributed by atoms with van der Waals surface area (Å²) in [4.78, 5) is 17.6. The minimum Gasteiger partial charge on any atom is -0.326 e. The molecule has 0 aromatic heterocycles. The maximum absolute atomic E-state index is 12.8. The van der Waals surface area contributed by atoms with Crippen LogP contribution in [0.5, 0.6) is 0 Å². The molecule has 1 aliphatic heterocycles. The van der Waals surface area contributed by atoms with Gasteiger partial charge in [0.25, 0.3) is 0 Å². The molecule has 1 aliphatic rings. The number of hydrogen-bond acceptors (Lipinski definition) is 2. The predicted molar refractivity (Wildman–Crippen MR) is 141 cm³/mol. The van der Waals surface area contributed by atoms with E-state index in [9.17, 15) is 4.79 Å². The van der Waals surface area contributed by atoms with Crippen molar-refractivity contribution in [2.75, 3.05) is 5.32 Å². The van der Waals surface area contributed by atoms with Crippen LogP contribution in [0.4, 0.5) is 5.69 Å². The van der Waals surface area contributed by atoms with E-state index in [4.69, 9.17) is 4.99 Å². The molecule has 2 aromatic carbocycles. The van der Waals surface area contributed by atoms with Gasteiger partial charge in [-0.25, -0.2) is 0 Å². The third-order valence-electron chi connectivity index (χ3n) is 6.95. The van der Waals surface area contributed by atoms with Crippen molar-refractivity contribution in [1.82, 2.24) is 0 Å². The van der Waals surface area contributed by atoms with Gasteiger partial charge in [0.2, 0.25) is 5.91 Å². The zero-order valence-corrected chi connectivity index (χ0v) is 21.0. The van der Waals surface area contributed by atoms with E-state index in [2.05, 4.69) is 82.6 Å². The lowest BCUT2D eigenvalue weighted by Crippen LogP contribution is -2.17. The Balaban J connectivity index is 1.88. The highest BCUT2D eigenvalue weighted by atomic mass is 16.1. The third kappa shape index (κ3) is 6.66. The molecule has 0 radical (unpaired) electrons. The Bertz CT molecular complexity index is 1000. The average Bonchev–Trinajstić information content (AvgIpc) is 2.81. The second-order valence-corrected chi connectivity index (χ2v) is 9.64. The Labute approximate surface area is 200 Å². The number of amides is 1. The van der Waals surface area contributed by atoms with E-state index >= 15 is 0 Å². The van der Waals surface area contributed by atoms with Gasteiger partial charge in [-0.1, -0.05) is 76.4 Å². The predicted octanol–water partition coefficient (Wildman–Crippen LogP) is 7.97. The van der Waals surface area contributed by atoms with Crippen molar-refractivity contribution in [1.29, 1.82) is 0 Å². The van der Waals surface area contributed by atoms with Gasteiger partial charge in [-0.3, -0.25) is 9.79 Å². The molecule has 3 nitrogen and oxygen atoms in total. The number of anilines is 1. The van der Waals surface area contributed by atoms with Crippen LogP contribution >= 0.6 is 0 Å². The van der Waals surface area contributed by atoms with E-state index in [-0.39, 0.29) is 11.8 Å². The lowest BCUT2D eigenvalue weighted by Gasteiger charge is -2.25. The topological polar surface area (TPSA) is 41.5 Å². The highest BCUT2D eigenvalue weighted by Crippen LogP contribution is 2.38. The normalized spacial score (nSPS) is 17.4. The van der Waals surface area contributed by atoms with Crippen LogP contribution in [-0.4, -0.2) is 12.1 Å². The van der Waals surface area contributed by atoms with Crippen LogP contribution in [0, 0.1) is 25.7 Å². The third-order valence-corrected chi connectivity index (χ3v) is 6.95. The molecule has 33 heavy (non-hydrogen) atoms. The molecular formula is C30H40N2O. The molecule has 3 unspecified atom stereocenters. The molecule has 1 N–H and O–H groups in total. The zero-order valence-electron chi connectivity index (χ0n) is 21.0. The van der Waals surface area contributed by atoms with Gasteiger partial charge in [-0.05, 0) is 72.9 Å². The Kier molecular flexibility index (Phi) is 9.05. The van der Waals surface area contributed by atoms with E-state index in [0.717, 1.165) is 36.2 Å². The van der Waals surface area contributed by atoms with E-state index in [1.807, 2.05) is 12.1 Å². The first-order valence-corrected chi connectivity index (χ1v) is 12.6. The number of benzene rings is 2. The fraction of sp³-hybridized carbons (Fsp3) is 0.467. The molecule has 0 spiro atoms. The maximum atomic E-state index is 12.8. The smallest absolute Gasteiger partial charge is 0.224 e. The Morgan fingerprint density at radius 1 is 1.15 bits per heavy atom. The molecule has 0 saturated heterocycles. The summed E-state index contributed by atoms with van der Waals surface area (Å²) in [6, 6.07) is 14.8. The van der Waals surface area contributed by atoms with Gasteiger partial charge < -0.3 is 5.32 Å². The van der Waals surface area contributed by atoms with Gasteiger partial charge in [-0.2, -0.15) is 0 Å². The van der Waals surface area contributed by atoms with Gasteiger partial charge in [0.15, 0.2) is 0 Å². The number of aryl methyl sites for hydroxylation is 1. The fourth-order valence-electron chi connectivity index (χ4n) is 4.64. The van der Waals surface area contributed by atoms with Gasteiger partial charge in [0.1, 0.15) is 0 Å². The summed E-state index contributed by atoms with van der Waals surface area (Å²) in [5.74, 6) is 1.10. The number of aliphatic imine (C=N–C) groups is 1. The van der Waals surface area contributed by atoms with Crippen LogP contribution in [0.25, 0.3) is 0 Å². The lowest BCUT2D eigenvalue weighted by molar-refractivity contribution is -0.117. The van der Waals surface area contributed by atoms with Crippen molar-refractivity contribution >= 4 is 17.8 Å². The lowest BCUT2D eigenvalue weighted by atomic mass is 9.83. The fourth-order valence-corrected chi connectivity index (χ4v) is 4.64. The highest BCUT2D eigenvalue weighted by Gasteiger charge is 2.23. The van der Waals surface area contributed by atoms with Crippen LogP contribution in [0.2, 0.25) is 0 Å². The van der Waals surface area contributed by atoms with E-state index < -0.39 is 0 Å². The molecule has 1 heterocycles. The highest BCUT2D eigenvalue weighted by molar-refractivity contribution is 5.91. The summed E-state index contributed by atoms with van der Waals surface area (Å²) in [7, 11) is 0. The Hall–Kier alpha value is -2.68. The summed E-state index contributed by atoms with van der Waals surface area (Å²) >= 11 is 0. The van der Waals surface area contributed by atoms with E-state index in [1.54, 1.807) is 0 Å². The van der Waals surface area contributed by atoms with Crippen molar-refractivity contribution in [3.63, 3.8) is 0 Å². The molecule has 0 aliphatic carbocycles. The zero-order chi connectivity index (χ0) is 23.8. The summed E-state index contributed by atoms with van der Waals surface area (Å²) < 4.78 is 0. The van der Waals surface area contributed by atoms with Crippen LogP contribution < -0.4 is 5.32 Å². The monoisotopic (exact) mass is 444 g/mol. The molecule has 0 fully saturated rings. The molecule has 2 aromatic rings. The first kappa shape index (κ1) is 25.0. The molecule has 3 rings (SSSR count). The van der Waals surface area contributed by atoms with Crippen LogP contribution in [0.3, 0.4) is 0 Å². The Morgan fingerprint density at radius 2 is 1.94 bits per heavy atom. The molecular weight excluding hydrogens is 404 g/mol. The number of rotatable bonds is 10. The first-order chi connectivity index (χ1) is 15.9. The number of carbonyl (C=O) groups excluding carboxylic acids is 1. The number of nitrogens with zero attached hydrogens (tertiary/aromatic N) is 1. The molecule has 3 heteroatoms. The second-order valence-electron chi connectivity index (χ2n) is 9.64. The molecule has 0 bridgehead atoms. The van der Waals surface area contributed by atoms with Gasteiger partial charge >= 0.3 is 0 Å². The summed E-state index contributed by atoms with van der Waals surface area (Å²) in [5, 5.41) is 3.17. The largest absolute Gasteiger partial charge is 0.326 e. The number of carbonyl (C=O) groups is 1. The number of allylic oxidation sites excluding steroid dienone is 2. The summed E-state index contributed by atoms with van der Waals surface area (Å²) in [6.07, 6.45) is 10.5. The van der Waals surface area contributed by atoms with Crippen molar-refractivity contribution in [2.24, 2.45) is 16.8 Å². The number of hydrogen-bond donors (Lipinski definition) is 1. The van der Waals surface area contributed by atoms with Crippen LogP contribution in [0.1, 0.15) is 87.5 Å². The molecule has 3 atom stereocenters. The standard InChI is InChI=1S/C30H40N2O/c1-6-8-12-24(7-2)18-29(33)32-26-14-10-13-25(19-26)30(28-17-16-21(3)20-31-28)27-15-9-11-22(4)23(27)5/h9-11,13-15,17,19-21,24,30H,6-8,12,16,18H2,1-5H3,(H,32,33). The van der Waals surface area contributed by atoms with Crippen molar-refractivity contribution in [2.45, 2.75) is 79.1 Å². The van der Waals surface area contributed by atoms with Crippen LogP contribution in [-0.2, 0) is 4.79 Å². The van der Waals surface area contributed by atoms with E-state index in [0.29, 0.717) is 18.3 Å². The van der Waals surface area contributed by atoms with Crippen molar-refractivity contribution < 1.29 is 4.79 Å². The molecule has 0 saturated carbocycles. The van der Waals surface area contributed by atoms with Crippen molar-refractivity contribution in [3.05, 3.63) is 76.5 Å². The minimum absolute atomic E-state index is 0.0541. The second kappa shape index (κ2) is 12.0.